The summed E-state index contributed by atoms with van der Waals surface area (Å²) >= 11 is 0. The summed E-state index contributed by atoms with van der Waals surface area (Å²) < 4.78 is 12.7. The van der Waals surface area contributed by atoms with Crippen molar-refractivity contribution < 1.29 is 9.50 Å². The number of hydrogen-bond acceptors (Lipinski definition) is 1. The van der Waals surface area contributed by atoms with Gasteiger partial charge in [-0.15, -0.1) is 6.58 Å². The van der Waals surface area contributed by atoms with Gasteiger partial charge in [0.15, 0.2) is 0 Å². The van der Waals surface area contributed by atoms with E-state index in [4.69, 9.17) is 0 Å². The highest BCUT2D eigenvalue weighted by Gasteiger charge is 2.25. The van der Waals surface area contributed by atoms with Gasteiger partial charge in [-0.3, -0.25) is 0 Å². The highest BCUT2D eigenvalue weighted by molar-refractivity contribution is 5.18. The van der Waals surface area contributed by atoms with Gasteiger partial charge in [0.2, 0.25) is 0 Å². The van der Waals surface area contributed by atoms with Crippen LogP contribution in [0.25, 0.3) is 0 Å². The van der Waals surface area contributed by atoms with Gasteiger partial charge in [0, 0.05) is 0 Å². The Hall–Kier alpha value is -1.15. The number of aliphatic hydroxyl groups excluding tert-OH is 1. The van der Waals surface area contributed by atoms with Crippen molar-refractivity contribution in [3.05, 3.63) is 48.3 Å². The van der Waals surface area contributed by atoms with Gasteiger partial charge in [-0.05, 0) is 29.5 Å². The number of rotatable bonds is 4. The standard InChI is InChI=1S/C13H17FO/c1-4-12(15)13(2,3)9-10-5-7-11(14)8-6-10/h4-8,12,15H,1,9H2,2-3H3. The first kappa shape index (κ1) is 11.9. The smallest absolute Gasteiger partial charge is 0.123 e. The van der Waals surface area contributed by atoms with Crippen LogP contribution >= 0.6 is 0 Å². The van der Waals surface area contributed by atoms with Gasteiger partial charge in [-0.25, -0.2) is 4.39 Å². The lowest BCUT2D eigenvalue weighted by atomic mass is 9.80. The predicted octanol–water partition coefficient (Wildman–Crippen LogP) is 2.94. The zero-order valence-corrected chi connectivity index (χ0v) is 9.20. The Bertz CT molecular complexity index is 327. The van der Waals surface area contributed by atoms with Crippen LogP contribution in [0.2, 0.25) is 0 Å². The highest BCUT2D eigenvalue weighted by atomic mass is 19.1. The second kappa shape index (κ2) is 4.58. The van der Waals surface area contributed by atoms with E-state index in [2.05, 4.69) is 6.58 Å². The number of aliphatic hydroxyl groups is 1. The molecule has 0 aliphatic heterocycles. The zero-order valence-electron chi connectivity index (χ0n) is 9.20. The Morgan fingerprint density at radius 2 is 1.93 bits per heavy atom. The normalized spacial score (nSPS) is 13.6. The number of halogens is 1. The Kier molecular flexibility index (Phi) is 3.64. The molecular weight excluding hydrogens is 191 g/mol. The summed E-state index contributed by atoms with van der Waals surface area (Å²) in [6.45, 7) is 7.49. The van der Waals surface area contributed by atoms with E-state index in [1.165, 1.54) is 18.2 Å². The molecule has 0 aliphatic rings. The van der Waals surface area contributed by atoms with E-state index in [1.54, 1.807) is 12.1 Å². The molecule has 15 heavy (non-hydrogen) atoms. The first-order valence-electron chi connectivity index (χ1n) is 5.01. The van der Waals surface area contributed by atoms with Crippen LogP contribution in [-0.2, 0) is 6.42 Å². The molecule has 0 bridgehead atoms. The van der Waals surface area contributed by atoms with Crippen molar-refractivity contribution in [2.24, 2.45) is 5.41 Å². The van der Waals surface area contributed by atoms with Gasteiger partial charge >= 0.3 is 0 Å². The lowest BCUT2D eigenvalue weighted by molar-refractivity contribution is 0.0911. The number of hydrogen-bond donors (Lipinski definition) is 1. The van der Waals surface area contributed by atoms with Crippen LogP contribution in [0.15, 0.2) is 36.9 Å². The maximum absolute atomic E-state index is 12.7. The van der Waals surface area contributed by atoms with Gasteiger partial charge in [0.25, 0.3) is 0 Å². The largest absolute Gasteiger partial charge is 0.388 e. The van der Waals surface area contributed by atoms with Crippen molar-refractivity contribution in [2.75, 3.05) is 0 Å². The van der Waals surface area contributed by atoms with E-state index in [-0.39, 0.29) is 11.2 Å². The average molecular weight is 208 g/mol. The molecule has 0 saturated heterocycles. The summed E-state index contributed by atoms with van der Waals surface area (Å²) in [7, 11) is 0. The summed E-state index contributed by atoms with van der Waals surface area (Å²) in [6, 6.07) is 6.36. The molecule has 1 unspecified atom stereocenters. The molecule has 1 nitrogen and oxygen atoms in total. The molecule has 1 atom stereocenters. The Morgan fingerprint density at radius 3 is 2.40 bits per heavy atom. The van der Waals surface area contributed by atoms with E-state index >= 15 is 0 Å². The summed E-state index contributed by atoms with van der Waals surface area (Å²) in [5, 5.41) is 9.71. The maximum Gasteiger partial charge on any atom is 0.123 e. The quantitative estimate of drug-likeness (QED) is 0.754. The minimum Gasteiger partial charge on any atom is -0.388 e. The fourth-order valence-electron chi connectivity index (χ4n) is 1.55. The second-order valence-electron chi connectivity index (χ2n) is 4.47. The maximum atomic E-state index is 12.7. The molecule has 0 aromatic heterocycles. The minimum atomic E-state index is -0.553. The molecule has 82 valence electrons. The highest BCUT2D eigenvalue weighted by Crippen LogP contribution is 2.26. The van der Waals surface area contributed by atoms with Crippen molar-refractivity contribution in [1.82, 2.24) is 0 Å². The van der Waals surface area contributed by atoms with Crippen LogP contribution < -0.4 is 0 Å². The van der Waals surface area contributed by atoms with Crippen LogP contribution in [-0.4, -0.2) is 11.2 Å². The molecular formula is C13H17FO. The molecule has 0 aliphatic carbocycles. The van der Waals surface area contributed by atoms with E-state index < -0.39 is 6.10 Å². The fraction of sp³-hybridized carbons (Fsp3) is 0.385. The lowest BCUT2D eigenvalue weighted by Crippen LogP contribution is -2.29. The number of benzene rings is 1. The van der Waals surface area contributed by atoms with E-state index in [9.17, 15) is 9.50 Å². The fourth-order valence-corrected chi connectivity index (χ4v) is 1.55. The van der Waals surface area contributed by atoms with Crippen molar-refractivity contribution >= 4 is 0 Å². The van der Waals surface area contributed by atoms with E-state index in [0.717, 1.165) is 5.56 Å². The van der Waals surface area contributed by atoms with Gasteiger partial charge in [-0.1, -0.05) is 32.1 Å². The Balaban J connectivity index is 2.76. The van der Waals surface area contributed by atoms with E-state index in [0.29, 0.717) is 6.42 Å². The molecule has 1 aromatic rings. The molecule has 1 rings (SSSR count). The van der Waals surface area contributed by atoms with Crippen LogP contribution in [0.5, 0.6) is 0 Å². The van der Waals surface area contributed by atoms with Crippen LogP contribution in [0.4, 0.5) is 4.39 Å². The second-order valence-corrected chi connectivity index (χ2v) is 4.47. The minimum absolute atomic E-state index is 0.235. The van der Waals surface area contributed by atoms with Crippen molar-refractivity contribution in [3.8, 4) is 0 Å². The third-order valence-electron chi connectivity index (χ3n) is 2.60. The zero-order chi connectivity index (χ0) is 11.5. The predicted molar refractivity (Wildman–Crippen MR) is 60.1 cm³/mol. The van der Waals surface area contributed by atoms with Crippen molar-refractivity contribution in [2.45, 2.75) is 26.4 Å². The Labute approximate surface area is 90.3 Å². The molecule has 2 heteroatoms. The van der Waals surface area contributed by atoms with Crippen LogP contribution in [0.3, 0.4) is 0 Å². The first-order chi connectivity index (χ1) is 6.95. The first-order valence-corrected chi connectivity index (χ1v) is 5.01. The molecule has 0 spiro atoms. The monoisotopic (exact) mass is 208 g/mol. The van der Waals surface area contributed by atoms with Gasteiger partial charge in [0.1, 0.15) is 5.82 Å². The molecule has 1 aromatic carbocycles. The lowest BCUT2D eigenvalue weighted by Gasteiger charge is -2.28. The van der Waals surface area contributed by atoms with Crippen molar-refractivity contribution in [3.63, 3.8) is 0 Å². The Morgan fingerprint density at radius 1 is 1.40 bits per heavy atom. The summed E-state index contributed by atoms with van der Waals surface area (Å²) in [5.41, 5.74) is 0.738. The SMILES string of the molecule is C=CC(O)C(C)(C)Cc1ccc(F)cc1. The molecule has 0 heterocycles. The summed E-state index contributed by atoms with van der Waals surface area (Å²) in [5.74, 6) is -0.235. The molecule has 0 fully saturated rings. The van der Waals surface area contributed by atoms with Gasteiger partial charge in [0.05, 0.1) is 6.10 Å². The average Bonchev–Trinajstić information content (AvgIpc) is 2.20. The molecule has 1 N–H and O–H groups in total. The summed E-state index contributed by atoms with van der Waals surface area (Å²) in [6.07, 6.45) is 1.67. The third kappa shape index (κ3) is 3.17. The van der Waals surface area contributed by atoms with Crippen LogP contribution in [0, 0.1) is 11.2 Å². The van der Waals surface area contributed by atoms with E-state index in [1.807, 2.05) is 13.8 Å². The molecule has 0 saturated carbocycles. The third-order valence-corrected chi connectivity index (χ3v) is 2.60. The topological polar surface area (TPSA) is 20.2 Å². The van der Waals surface area contributed by atoms with Gasteiger partial charge < -0.3 is 5.11 Å². The summed E-state index contributed by atoms with van der Waals surface area (Å²) in [4.78, 5) is 0. The van der Waals surface area contributed by atoms with Crippen LogP contribution in [0.1, 0.15) is 19.4 Å². The molecule has 0 radical (unpaired) electrons. The molecule has 0 amide bonds. The van der Waals surface area contributed by atoms with Crippen molar-refractivity contribution in [1.29, 1.82) is 0 Å². The van der Waals surface area contributed by atoms with Gasteiger partial charge in [-0.2, -0.15) is 0 Å².